The van der Waals surface area contributed by atoms with Gasteiger partial charge in [-0.3, -0.25) is 19.2 Å². The van der Waals surface area contributed by atoms with Gasteiger partial charge in [0.15, 0.2) is 5.60 Å². The molecule has 0 aromatic carbocycles. The second-order valence-electron chi connectivity index (χ2n) is 14.1. The molecule has 210 valence electrons. The van der Waals surface area contributed by atoms with E-state index in [1.807, 2.05) is 33.8 Å². The molecule has 1 N–H and O–H groups in total. The van der Waals surface area contributed by atoms with Gasteiger partial charge in [0.1, 0.15) is 30.0 Å². The first-order valence-corrected chi connectivity index (χ1v) is 14.2. The molecule has 12 atom stereocenters. The van der Waals surface area contributed by atoms with E-state index in [0.29, 0.717) is 24.8 Å². The van der Waals surface area contributed by atoms with E-state index in [2.05, 4.69) is 0 Å². The summed E-state index contributed by atoms with van der Waals surface area (Å²) in [6.07, 6.45) is 1.22. The number of fused-ring (bicyclic) bond motifs is 2. The summed E-state index contributed by atoms with van der Waals surface area (Å²) >= 11 is 0. The Morgan fingerprint density at radius 2 is 1.72 bits per heavy atom. The van der Waals surface area contributed by atoms with E-state index >= 15 is 0 Å². The van der Waals surface area contributed by atoms with Gasteiger partial charge in [0.2, 0.25) is 17.4 Å². The molecular weight excluding hydrogens is 508 g/mol. The van der Waals surface area contributed by atoms with Gasteiger partial charge in [0.05, 0.1) is 11.5 Å². The third-order valence-corrected chi connectivity index (χ3v) is 11.9. The van der Waals surface area contributed by atoms with Crippen molar-refractivity contribution in [2.24, 2.45) is 35.0 Å². The van der Waals surface area contributed by atoms with Crippen LogP contribution in [0.2, 0.25) is 0 Å². The fourth-order valence-corrected chi connectivity index (χ4v) is 10.3. The number of carbonyl (C=O) groups is 4. The Kier molecular flexibility index (Phi) is 4.21. The molecule has 39 heavy (non-hydrogen) atoms. The van der Waals surface area contributed by atoms with Crippen molar-refractivity contribution in [1.82, 2.24) is 0 Å². The lowest BCUT2D eigenvalue weighted by atomic mass is 9.62. The zero-order valence-electron chi connectivity index (χ0n) is 22.8. The molecule has 1 saturated carbocycles. The van der Waals surface area contributed by atoms with Crippen LogP contribution < -0.4 is 0 Å². The van der Waals surface area contributed by atoms with Crippen molar-refractivity contribution in [3.63, 3.8) is 0 Å². The quantitative estimate of drug-likeness (QED) is 0.451. The average molecular weight is 543 g/mol. The Hall–Kier alpha value is -2.14. The fraction of sp³-hybridized carbons (Fsp3) is 0.793. The van der Waals surface area contributed by atoms with Crippen molar-refractivity contribution < 1.29 is 48.0 Å². The summed E-state index contributed by atoms with van der Waals surface area (Å²) in [6.45, 7) is 9.17. The zero-order valence-corrected chi connectivity index (χ0v) is 22.8. The maximum Gasteiger partial charge on any atom is 0.312 e. The van der Waals surface area contributed by atoms with E-state index in [9.17, 15) is 24.3 Å². The van der Waals surface area contributed by atoms with Crippen LogP contribution in [0.15, 0.2) is 11.6 Å². The van der Waals surface area contributed by atoms with Gasteiger partial charge < -0.3 is 28.8 Å². The molecular formula is C29H34O10. The van der Waals surface area contributed by atoms with Crippen LogP contribution in [0.1, 0.15) is 66.7 Å². The molecule has 2 aliphatic carbocycles. The molecule has 8 rings (SSSR count). The van der Waals surface area contributed by atoms with Gasteiger partial charge in [0.25, 0.3) is 0 Å². The summed E-state index contributed by atoms with van der Waals surface area (Å²) in [6, 6.07) is 0. The summed E-state index contributed by atoms with van der Waals surface area (Å²) in [5.74, 6) is -7.53. The lowest BCUT2D eigenvalue weighted by Crippen LogP contribution is -2.63. The van der Waals surface area contributed by atoms with Crippen LogP contribution in [0, 0.1) is 35.0 Å². The molecule has 0 radical (unpaired) electrons. The van der Waals surface area contributed by atoms with Gasteiger partial charge in [-0.15, -0.1) is 0 Å². The highest BCUT2D eigenvalue weighted by Crippen LogP contribution is 2.71. The van der Waals surface area contributed by atoms with Crippen LogP contribution in [0.5, 0.6) is 0 Å². The Morgan fingerprint density at radius 1 is 0.974 bits per heavy atom. The maximum absolute atomic E-state index is 14.7. The minimum Gasteiger partial charge on any atom is -0.459 e. The summed E-state index contributed by atoms with van der Waals surface area (Å²) in [4.78, 5) is 54.0. The second-order valence-corrected chi connectivity index (χ2v) is 14.1. The molecule has 7 fully saturated rings. The van der Waals surface area contributed by atoms with Gasteiger partial charge >= 0.3 is 11.9 Å². The molecule has 12 unspecified atom stereocenters. The SMILES string of the molecule is CC1C(=O)OC2C1OC13OC4(CCC5(C)C(=O)C(C)C2C51)CC12OC(=O)CC1(O)OC(C)(C)C2CC=C4C3=O. The molecule has 0 aromatic rings. The number of aliphatic hydroxyl groups is 1. The number of carbonyl (C=O) groups excluding carboxylic acids is 4. The standard InChI is InChI=1S/C29H34O10/c1-12-17-19-18(13(2)23(33)35-19)37-29-20(17)25(5,21(12)31)8-9-26(39-29)11-27-15(7-6-14(26)22(29)32)24(3,4)38-28(27,34)10-16(30)36-27/h6,12-13,15,17-20,34H,7-11H2,1-5H3. The number of hydrogen-bond acceptors (Lipinski definition) is 10. The first kappa shape index (κ1) is 24.6. The van der Waals surface area contributed by atoms with Gasteiger partial charge in [0, 0.05) is 41.1 Å². The fourth-order valence-electron chi connectivity index (χ4n) is 10.3. The molecule has 2 bridgehead atoms. The van der Waals surface area contributed by atoms with Crippen molar-refractivity contribution in [1.29, 1.82) is 0 Å². The third-order valence-electron chi connectivity index (χ3n) is 11.9. The average Bonchev–Trinajstić information content (AvgIpc) is 3.38. The van der Waals surface area contributed by atoms with Crippen LogP contribution in [-0.2, 0) is 42.9 Å². The lowest BCUT2D eigenvalue weighted by Gasteiger charge is -2.49. The molecule has 10 heteroatoms. The summed E-state index contributed by atoms with van der Waals surface area (Å²) in [5.41, 5.74) is -4.05. The lowest BCUT2D eigenvalue weighted by molar-refractivity contribution is -0.333. The minimum atomic E-state index is -1.88. The number of ether oxygens (including phenoxy) is 5. The van der Waals surface area contributed by atoms with E-state index in [1.165, 1.54) is 0 Å². The summed E-state index contributed by atoms with van der Waals surface area (Å²) < 4.78 is 31.6. The maximum atomic E-state index is 14.7. The van der Waals surface area contributed by atoms with E-state index < -0.39 is 87.5 Å². The van der Waals surface area contributed by atoms with Crippen LogP contribution in [0.25, 0.3) is 0 Å². The van der Waals surface area contributed by atoms with Crippen molar-refractivity contribution in [2.45, 2.75) is 107 Å². The molecule has 6 aliphatic heterocycles. The van der Waals surface area contributed by atoms with Gasteiger partial charge in [-0.05, 0) is 40.0 Å². The summed E-state index contributed by atoms with van der Waals surface area (Å²) in [5, 5.41) is 11.8. The summed E-state index contributed by atoms with van der Waals surface area (Å²) in [7, 11) is 0. The van der Waals surface area contributed by atoms with E-state index in [4.69, 9.17) is 23.7 Å². The molecule has 8 aliphatic rings. The number of rotatable bonds is 0. The molecule has 0 aromatic heterocycles. The van der Waals surface area contributed by atoms with Crippen molar-refractivity contribution in [3.8, 4) is 0 Å². The minimum absolute atomic E-state index is 0.00924. The Morgan fingerprint density at radius 3 is 2.46 bits per heavy atom. The second kappa shape index (κ2) is 6.66. The predicted octanol–water partition coefficient (Wildman–Crippen LogP) is 1.75. The predicted molar refractivity (Wildman–Crippen MR) is 128 cm³/mol. The highest BCUT2D eigenvalue weighted by atomic mass is 16.7. The van der Waals surface area contributed by atoms with Crippen LogP contribution >= 0.6 is 0 Å². The Balaban J connectivity index is 1.33. The van der Waals surface area contributed by atoms with E-state index in [0.717, 1.165) is 0 Å². The molecule has 3 spiro atoms. The van der Waals surface area contributed by atoms with Crippen molar-refractivity contribution >= 4 is 23.5 Å². The number of allylic oxidation sites excluding steroid dienone is 1. The molecule has 10 nitrogen and oxygen atoms in total. The number of ketones is 2. The normalized spacial score (nSPS) is 57.9. The topological polar surface area (TPSA) is 135 Å². The Bertz CT molecular complexity index is 1320. The number of hydrogen-bond donors (Lipinski definition) is 1. The zero-order chi connectivity index (χ0) is 27.7. The first-order valence-electron chi connectivity index (χ1n) is 14.2. The van der Waals surface area contributed by atoms with Gasteiger partial charge in [-0.2, -0.15) is 0 Å². The molecule has 0 amide bonds. The van der Waals surface area contributed by atoms with Gasteiger partial charge in [-0.1, -0.05) is 19.9 Å². The number of esters is 2. The first-order chi connectivity index (χ1) is 18.1. The smallest absolute Gasteiger partial charge is 0.312 e. The largest absolute Gasteiger partial charge is 0.459 e. The van der Waals surface area contributed by atoms with Crippen molar-refractivity contribution in [3.05, 3.63) is 11.6 Å². The monoisotopic (exact) mass is 542 g/mol. The van der Waals surface area contributed by atoms with Crippen LogP contribution in [-0.4, -0.2) is 69.2 Å². The third kappa shape index (κ3) is 2.44. The van der Waals surface area contributed by atoms with Crippen LogP contribution in [0.3, 0.4) is 0 Å². The van der Waals surface area contributed by atoms with Crippen molar-refractivity contribution in [2.75, 3.05) is 0 Å². The van der Waals surface area contributed by atoms with Gasteiger partial charge in [-0.25, -0.2) is 0 Å². The number of Topliss-reactive ketones (excluding diaryl/α,β-unsaturated/α-hetero) is 2. The van der Waals surface area contributed by atoms with E-state index in [-0.39, 0.29) is 24.4 Å². The van der Waals surface area contributed by atoms with E-state index in [1.54, 1.807) is 6.92 Å². The van der Waals surface area contributed by atoms with Crippen LogP contribution in [0.4, 0.5) is 0 Å². The highest BCUT2D eigenvalue weighted by molar-refractivity contribution is 6.07. The molecule has 6 heterocycles. The Labute approximate surface area is 225 Å². The molecule has 6 saturated heterocycles. The highest BCUT2D eigenvalue weighted by Gasteiger charge is 2.83.